The summed E-state index contributed by atoms with van der Waals surface area (Å²) in [4.78, 5) is 0. The van der Waals surface area contributed by atoms with E-state index >= 15 is 0 Å². The van der Waals surface area contributed by atoms with Gasteiger partial charge < -0.3 is 10.1 Å². The second kappa shape index (κ2) is 11.3. The fraction of sp³-hybridized carbons (Fsp3) is 1.00. The molecule has 0 spiro atoms. The number of nitrogens with one attached hydrogen (secondary N) is 1. The van der Waals surface area contributed by atoms with Crippen LogP contribution in [0.5, 0.6) is 0 Å². The van der Waals surface area contributed by atoms with E-state index in [1.165, 1.54) is 32.1 Å². The molecule has 3 heteroatoms. The molecule has 0 amide bonds. The van der Waals surface area contributed by atoms with Gasteiger partial charge in [0.05, 0.1) is 12.0 Å². The zero-order chi connectivity index (χ0) is 10.6. The van der Waals surface area contributed by atoms with Gasteiger partial charge in [0.2, 0.25) is 0 Å². The molecule has 86 valence electrons. The molecule has 1 unspecified atom stereocenters. The van der Waals surface area contributed by atoms with Crippen molar-refractivity contribution in [3.05, 3.63) is 0 Å². The number of unbranched alkanes of at least 4 members (excludes halogenated alkanes) is 4. The first kappa shape index (κ1) is 14.2. The molecule has 0 radical (unpaired) electrons. The number of hydrogen-bond acceptors (Lipinski definition) is 2. The summed E-state index contributed by atoms with van der Waals surface area (Å²) in [6.07, 6.45) is 6.63. The molecule has 1 atom stereocenters. The Kier molecular flexibility index (Phi) is 11.5. The Labute approximate surface area is 93.4 Å². The molecule has 2 nitrogen and oxygen atoms in total. The van der Waals surface area contributed by atoms with E-state index in [1.807, 2.05) is 0 Å². The van der Waals surface area contributed by atoms with Crippen LogP contribution in [0.25, 0.3) is 0 Å². The summed E-state index contributed by atoms with van der Waals surface area (Å²) in [7, 11) is 1.68. The molecule has 0 rings (SSSR count). The molecule has 0 bridgehead atoms. The monoisotopic (exact) mass is 221 g/mol. The largest absolute Gasteiger partial charge is 0.383 e. The molecule has 0 saturated carbocycles. The number of ether oxygens (including phenoxy) is 1. The molecule has 0 aliphatic heterocycles. The topological polar surface area (TPSA) is 21.3 Å². The van der Waals surface area contributed by atoms with Crippen molar-refractivity contribution in [1.29, 1.82) is 0 Å². The zero-order valence-corrected chi connectivity index (χ0v) is 10.3. The predicted molar refractivity (Wildman–Crippen MR) is 63.1 cm³/mol. The highest BCUT2D eigenvalue weighted by atomic mass is 35.5. The van der Waals surface area contributed by atoms with E-state index in [0.717, 1.165) is 13.1 Å². The fourth-order valence-corrected chi connectivity index (χ4v) is 1.59. The molecule has 14 heavy (non-hydrogen) atoms. The van der Waals surface area contributed by atoms with Gasteiger partial charge in [-0.2, -0.15) is 0 Å². The number of alkyl halides is 1. The minimum atomic E-state index is 0.107. The summed E-state index contributed by atoms with van der Waals surface area (Å²) in [5.74, 6) is 0. The lowest BCUT2D eigenvalue weighted by Crippen LogP contribution is -2.27. The average Bonchev–Trinajstić information content (AvgIpc) is 2.17. The Morgan fingerprint density at radius 2 is 1.93 bits per heavy atom. The Hall–Kier alpha value is 0.210. The minimum Gasteiger partial charge on any atom is -0.383 e. The molecule has 0 aromatic rings. The van der Waals surface area contributed by atoms with Gasteiger partial charge in [-0.05, 0) is 13.0 Å². The molecule has 0 fully saturated rings. The maximum Gasteiger partial charge on any atom is 0.0693 e. The molecule has 0 aromatic heterocycles. The quantitative estimate of drug-likeness (QED) is 0.453. The second-order valence-electron chi connectivity index (χ2n) is 3.67. The molecule has 0 heterocycles. The minimum absolute atomic E-state index is 0.107. The van der Waals surface area contributed by atoms with Crippen LogP contribution in [0.3, 0.4) is 0 Å². The molecule has 1 N–H and O–H groups in total. The fourth-order valence-electron chi connectivity index (χ4n) is 1.35. The van der Waals surface area contributed by atoms with E-state index < -0.39 is 0 Å². The van der Waals surface area contributed by atoms with Gasteiger partial charge in [-0.25, -0.2) is 0 Å². The summed E-state index contributed by atoms with van der Waals surface area (Å²) in [6, 6.07) is 0. The van der Waals surface area contributed by atoms with E-state index in [9.17, 15) is 0 Å². The summed E-state index contributed by atoms with van der Waals surface area (Å²) < 4.78 is 4.94. The van der Waals surface area contributed by atoms with Crippen molar-refractivity contribution in [1.82, 2.24) is 5.32 Å². The van der Waals surface area contributed by atoms with Crippen molar-refractivity contribution >= 4 is 11.6 Å². The predicted octanol–water partition coefficient (Wildman–Crippen LogP) is 2.80. The lowest BCUT2D eigenvalue weighted by molar-refractivity contribution is 0.197. The molecule has 0 aliphatic rings. The SMILES string of the molecule is CCCCCCCNCC(Cl)COC. The maximum atomic E-state index is 5.96. The maximum absolute atomic E-state index is 5.96. The van der Waals surface area contributed by atoms with Crippen LogP contribution in [0, 0.1) is 0 Å². The summed E-state index contributed by atoms with van der Waals surface area (Å²) in [6.45, 7) is 4.80. The summed E-state index contributed by atoms with van der Waals surface area (Å²) >= 11 is 5.96. The van der Waals surface area contributed by atoms with Gasteiger partial charge in [-0.15, -0.1) is 11.6 Å². The lowest BCUT2D eigenvalue weighted by Gasteiger charge is -2.09. The Balaban J connectivity index is 2.98. The highest BCUT2D eigenvalue weighted by Gasteiger charge is 2.01. The van der Waals surface area contributed by atoms with Crippen molar-refractivity contribution in [2.24, 2.45) is 0 Å². The van der Waals surface area contributed by atoms with E-state index in [-0.39, 0.29) is 5.38 Å². The molecular formula is C11H24ClNO. The number of hydrogen-bond donors (Lipinski definition) is 1. The second-order valence-corrected chi connectivity index (χ2v) is 4.29. The van der Waals surface area contributed by atoms with Crippen LogP contribution >= 0.6 is 11.6 Å². The Bertz CT molecular complexity index is 111. The van der Waals surface area contributed by atoms with E-state index in [0.29, 0.717) is 6.61 Å². The lowest BCUT2D eigenvalue weighted by atomic mass is 10.1. The molecule has 0 aromatic carbocycles. The molecule has 0 aliphatic carbocycles. The van der Waals surface area contributed by atoms with Gasteiger partial charge in [0, 0.05) is 13.7 Å². The van der Waals surface area contributed by atoms with Crippen molar-refractivity contribution < 1.29 is 4.74 Å². The molecular weight excluding hydrogens is 198 g/mol. The summed E-state index contributed by atoms with van der Waals surface area (Å²) in [5, 5.41) is 3.44. The number of halogens is 1. The van der Waals surface area contributed by atoms with Gasteiger partial charge in [0.1, 0.15) is 0 Å². The standard InChI is InChI=1S/C11H24ClNO/c1-3-4-5-6-7-8-13-9-11(12)10-14-2/h11,13H,3-10H2,1-2H3. The highest BCUT2D eigenvalue weighted by Crippen LogP contribution is 2.01. The van der Waals surface area contributed by atoms with Crippen LogP contribution in [0.1, 0.15) is 39.0 Å². The third kappa shape index (κ3) is 10.3. The van der Waals surface area contributed by atoms with Gasteiger partial charge in [-0.1, -0.05) is 32.6 Å². The van der Waals surface area contributed by atoms with Crippen LogP contribution < -0.4 is 5.32 Å². The smallest absolute Gasteiger partial charge is 0.0693 e. The number of rotatable bonds is 10. The van der Waals surface area contributed by atoms with Crippen LogP contribution in [0.4, 0.5) is 0 Å². The zero-order valence-electron chi connectivity index (χ0n) is 9.52. The first-order valence-electron chi connectivity index (χ1n) is 5.65. The van der Waals surface area contributed by atoms with Crippen molar-refractivity contribution in [3.63, 3.8) is 0 Å². The van der Waals surface area contributed by atoms with Crippen molar-refractivity contribution in [2.75, 3.05) is 26.8 Å². The van der Waals surface area contributed by atoms with Crippen molar-refractivity contribution in [2.45, 2.75) is 44.4 Å². The van der Waals surface area contributed by atoms with Gasteiger partial charge in [0.25, 0.3) is 0 Å². The number of methoxy groups -OCH3 is 1. The van der Waals surface area contributed by atoms with Gasteiger partial charge in [0.15, 0.2) is 0 Å². The van der Waals surface area contributed by atoms with Crippen LogP contribution in [-0.2, 0) is 4.74 Å². The van der Waals surface area contributed by atoms with E-state index in [4.69, 9.17) is 16.3 Å². The molecule has 0 saturated heterocycles. The van der Waals surface area contributed by atoms with E-state index in [1.54, 1.807) is 7.11 Å². The van der Waals surface area contributed by atoms with Gasteiger partial charge in [-0.3, -0.25) is 0 Å². The van der Waals surface area contributed by atoms with Crippen molar-refractivity contribution in [3.8, 4) is 0 Å². The van der Waals surface area contributed by atoms with Gasteiger partial charge >= 0.3 is 0 Å². The average molecular weight is 222 g/mol. The third-order valence-electron chi connectivity index (χ3n) is 2.17. The Morgan fingerprint density at radius 1 is 1.21 bits per heavy atom. The normalized spacial score (nSPS) is 13.1. The van der Waals surface area contributed by atoms with Crippen LogP contribution in [0.15, 0.2) is 0 Å². The Morgan fingerprint density at radius 3 is 2.57 bits per heavy atom. The van der Waals surface area contributed by atoms with E-state index in [2.05, 4.69) is 12.2 Å². The summed E-state index contributed by atoms with van der Waals surface area (Å²) in [5.41, 5.74) is 0. The van der Waals surface area contributed by atoms with Crippen LogP contribution in [-0.4, -0.2) is 32.2 Å². The third-order valence-corrected chi connectivity index (χ3v) is 2.45. The van der Waals surface area contributed by atoms with Crippen LogP contribution in [0.2, 0.25) is 0 Å². The first-order valence-corrected chi connectivity index (χ1v) is 6.08. The first-order chi connectivity index (χ1) is 6.81. The highest BCUT2D eigenvalue weighted by molar-refractivity contribution is 6.20.